The van der Waals surface area contributed by atoms with Crippen LogP contribution in [-0.2, 0) is 29.0 Å². The SMILES string of the molecule is Cc1cc(C(=O)COC(=C(C#N)c2nnc3n2CCCCC3)C(F)(F)F)c(C)n1CC1CCCO1. The van der Waals surface area contributed by atoms with Crippen molar-refractivity contribution < 1.29 is 27.4 Å². The lowest BCUT2D eigenvalue weighted by Gasteiger charge is -2.16. The number of fused-ring (bicyclic) bond motifs is 1. The minimum absolute atomic E-state index is 0.0511. The number of Topliss-reactive ketones (excluding diaryl/α,β-unsaturated/α-hetero) is 1. The van der Waals surface area contributed by atoms with Crippen molar-refractivity contribution in [3.63, 3.8) is 0 Å². The Morgan fingerprint density at radius 1 is 1.26 bits per heavy atom. The van der Waals surface area contributed by atoms with Gasteiger partial charge in [0.15, 0.2) is 12.4 Å². The Kier molecular flexibility index (Phi) is 7.31. The van der Waals surface area contributed by atoms with Crippen LogP contribution in [0.2, 0.25) is 0 Å². The van der Waals surface area contributed by atoms with Gasteiger partial charge in [0.25, 0.3) is 0 Å². The molecule has 0 bridgehead atoms. The van der Waals surface area contributed by atoms with E-state index in [1.165, 1.54) is 0 Å². The molecule has 2 aliphatic rings. The van der Waals surface area contributed by atoms with Gasteiger partial charge in [0, 0.05) is 43.1 Å². The molecule has 1 fully saturated rings. The second-order valence-corrected chi connectivity index (χ2v) is 8.96. The molecule has 1 saturated heterocycles. The summed E-state index contributed by atoms with van der Waals surface area (Å²) in [6.07, 6.45) is 0.0592. The zero-order chi connectivity index (χ0) is 25.2. The summed E-state index contributed by atoms with van der Waals surface area (Å²) in [4.78, 5) is 12.9. The second-order valence-electron chi connectivity index (χ2n) is 8.96. The molecule has 0 saturated carbocycles. The molecule has 1 unspecified atom stereocenters. The molecule has 1 atom stereocenters. The maximum absolute atomic E-state index is 14.0. The van der Waals surface area contributed by atoms with Crippen molar-refractivity contribution >= 4 is 11.4 Å². The number of carbonyl (C=O) groups excluding carboxylic acids is 1. The maximum Gasteiger partial charge on any atom is 0.450 e. The van der Waals surface area contributed by atoms with Crippen molar-refractivity contribution in [3.05, 3.63) is 40.4 Å². The highest BCUT2D eigenvalue weighted by Gasteiger charge is 2.41. The summed E-state index contributed by atoms with van der Waals surface area (Å²) in [5, 5.41) is 17.5. The first kappa shape index (κ1) is 25.0. The fourth-order valence-corrected chi connectivity index (χ4v) is 4.74. The van der Waals surface area contributed by atoms with Crippen LogP contribution < -0.4 is 0 Å². The minimum Gasteiger partial charge on any atom is -0.480 e. The summed E-state index contributed by atoms with van der Waals surface area (Å²) in [6.45, 7) is 4.44. The van der Waals surface area contributed by atoms with E-state index in [4.69, 9.17) is 9.47 Å². The molecule has 0 spiro atoms. The average Bonchev–Trinajstić information content (AvgIpc) is 3.48. The zero-order valence-corrected chi connectivity index (χ0v) is 19.8. The van der Waals surface area contributed by atoms with Gasteiger partial charge in [0.2, 0.25) is 11.5 Å². The van der Waals surface area contributed by atoms with E-state index in [0.717, 1.165) is 37.8 Å². The van der Waals surface area contributed by atoms with Crippen LogP contribution in [0.3, 0.4) is 0 Å². The van der Waals surface area contributed by atoms with Crippen LogP contribution in [0.5, 0.6) is 0 Å². The highest BCUT2D eigenvalue weighted by atomic mass is 19.4. The van der Waals surface area contributed by atoms with Gasteiger partial charge in [-0.25, -0.2) is 0 Å². The fraction of sp³-hybridized carbons (Fsp3) is 0.583. The van der Waals surface area contributed by atoms with Gasteiger partial charge in [-0.2, -0.15) is 18.4 Å². The molecule has 8 nitrogen and oxygen atoms in total. The molecule has 2 aliphatic heterocycles. The van der Waals surface area contributed by atoms with Crippen molar-refractivity contribution in [3.8, 4) is 6.07 Å². The van der Waals surface area contributed by atoms with Crippen LogP contribution >= 0.6 is 0 Å². The number of hydrogen-bond donors (Lipinski definition) is 0. The highest BCUT2D eigenvalue weighted by molar-refractivity contribution is 5.98. The highest BCUT2D eigenvalue weighted by Crippen LogP contribution is 2.34. The van der Waals surface area contributed by atoms with E-state index in [1.807, 2.05) is 11.5 Å². The first-order valence-corrected chi connectivity index (χ1v) is 11.8. The van der Waals surface area contributed by atoms with Crippen LogP contribution in [0.4, 0.5) is 13.2 Å². The molecule has 4 heterocycles. The first-order valence-electron chi connectivity index (χ1n) is 11.8. The Hall–Kier alpha value is -3.13. The molecular weight excluding hydrogens is 463 g/mol. The molecule has 0 N–H and O–H groups in total. The van der Waals surface area contributed by atoms with Crippen molar-refractivity contribution in [2.45, 2.75) is 77.7 Å². The van der Waals surface area contributed by atoms with E-state index in [2.05, 4.69) is 10.2 Å². The molecule has 2 aromatic heterocycles. The third kappa shape index (κ3) is 5.27. The van der Waals surface area contributed by atoms with Gasteiger partial charge in [-0.15, -0.1) is 10.2 Å². The number of allylic oxidation sites excluding steroid dienone is 2. The third-order valence-corrected chi connectivity index (χ3v) is 6.56. The predicted octanol–water partition coefficient (Wildman–Crippen LogP) is 4.30. The van der Waals surface area contributed by atoms with Crippen LogP contribution in [0.1, 0.15) is 65.5 Å². The molecule has 0 amide bonds. The monoisotopic (exact) mass is 491 g/mol. The van der Waals surface area contributed by atoms with Gasteiger partial charge < -0.3 is 18.6 Å². The summed E-state index contributed by atoms with van der Waals surface area (Å²) in [5.74, 6) is -1.77. The Bertz CT molecular complexity index is 1170. The van der Waals surface area contributed by atoms with Crippen molar-refractivity contribution in [2.75, 3.05) is 13.2 Å². The van der Waals surface area contributed by atoms with Gasteiger partial charge in [-0.3, -0.25) is 4.79 Å². The number of halogens is 3. The average molecular weight is 492 g/mol. The largest absolute Gasteiger partial charge is 0.480 e. The molecule has 2 aromatic rings. The Labute approximate surface area is 201 Å². The first-order chi connectivity index (χ1) is 16.7. The quantitative estimate of drug-likeness (QED) is 0.326. The summed E-state index contributed by atoms with van der Waals surface area (Å²) in [5.41, 5.74) is 0.982. The van der Waals surface area contributed by atoms with Gasteiger partial charge in [0.1, 0.15) is 17.5 Å². The van der Waals surface area contributed by atoms with E-state index in [-0.39, 0.29) is 17.5 Å². The minimum atomic E-state index is -4.99. The lowest BCUT2D eigenvalue weighted by Crippen LogP contribution is -2.22. The van der Waals surface area contributed by atoms with Crippen LogP contribution in [0.15, 0.2) is 11.8 Å². The molecule has 11 heteroatoms. The van der Waals surface area contributed by atoms with Crippen LogP contribution in [-0.4, -0.2) is 50.6 Å². The van der Waals surface area contributed by atoms with Crippen molar-refractivity contribution in [1.82, 2.24) is 19.3 Å². The van der Waals surface area contributed by atoms with E-state index < -0.39 is 29.9 Å². The Morgan fingerprint density at radius 2 is 2.06 bits per heavy atom. The number of ether oxygens (including phenoxy) is 2. The molecule has 35 heavy (non-hydrogen) atoms. The molecule has 188 valence electrons. The number of hydrogen-bond acceptors (Lipinski definition) is 6. The molecule has 0 aliphatic carbocycles. The number of carbonyl (C=O) groups is 1. The third-order valence-electron chi connectivity index (χ3n) is 6.56. The summed E-state index contributed by atoms with van der Waals surface area (Å²) in [6, 6.07) is 3.24. The van der Waals surface area contributed by atoms with Gasteiger partial charge in [0.05, 0.1) is 6.10 Å². The molecule has 0 aromatic carbocycles. The van der Waals surface area contributed by atoms with Crippen molar-refractivity contribution in [1.29, 1.82) is 5.26 Å². The second kappa shape index (κ2) is 10.2. The zero-order valence-electron chi connectivity index (χ0n) is 19.8. The predicted molar refractivity (Wildman–Crippen MR) is 119 cm³/mol. The maximum atomic E-state index is 14.0. The Morgan fingerprint density at radius 3 is 2.74 bits per heavy atom. The van der Waals surface area contributed by atoms with Gasteiger partial charge >= 0.3 is 6.18 Å². The normalized spacial score (nSPS) is 19.0. The standard InChI is InChI=1S/C24H28F3N5O3/c1-15-11-18(16(2)32(15)13-17-7-6-10-34-17)20(33)14-35-22(24(25,26)27)19(12-28)23-30-29-21-8-4-3-5-9-31(21)23/h11,17H,3-10,13-14H2,1-2H3. The number of alkyl halides is 3. The van der Waals surface area contributed by atoms with Gasteiger partial charge in [-0.1, -0.05) is 6.42 Å². The number of ketones is 1. The smallest absolute Gasteiger partial charge is 0.450 e. The number of nitriles is 1. The van der Waals surface area contributed by atoms with E-state index in [1.54, 1.807) is 23.6 Å². The summed E-state index contributed by atoms with van der Waals surface area (Å²) < 4.78 is 56.1. The summed E-state index contributed by atoms with van der Waals surface area (Å²) in [7, 11) is 0. The number of nitrogens with zero attached hydrogens (tertiary/aromatic N) is 5. The van der Waals surface area contributed by atoms with Crippen LogP contribution in [0.25, 0.3) is 5.57 Å². The van der Waals surface area contributed by atoms with E-state index in [9.17, 15) is 23.2 Å². The van der Waals surface area contributed by atoms with Crippen molar-refractivity contribution in [2.24, 2.45) is 0 Å². The number of aromatic nitrogens is 4. The number of rotatable bonds is 7. The number of aryl methyl sites for hydroxylation is 2. The molecule has 0 radical (unpaired) electrons. The van der Waals surface area contributed by atoms with Crippen LogP contribution in [0, 0.1) is 25.2 Å². The molecule has 4 rings (SSSR count). The molecular formula is C24H28F3N5O3. The lowest BCUT2D eigenvalue weighted by atomic mass is 10.1. The van der Waals surface area contributed by atoms with E-state index in [0.29, 0.717) is 37.6 Å². The fourth-order valence-electron chi connectivity index (χ4n) is 4.74. The van der Waals surface area contributed by atoms with E-state index >= 15 is 0 Å². The van der Waals surface area contributed by atoms with Gasteiger partial charge in [-0.05, 0) is 45.6 Å². The lowest BCUT2D eigenvalue weighted by molar-refractivity contribution is -0.127. The topological polar surface area (TPSA) is 95.0 Å². The Balaban J connectivity index is 1.59. The summed E-state index contributed by atoms with van der Waals surface area (Å²) >= 11 is 0.